The van der Waals surface area contributed by atoms with Gasteiger partial charge in [-0.2, -0.15) is 0 Å². The summed E-state index contributed by atoms with van der Waals surface area (Å²) in [5.41, 5.74) is 11.8. The van der Waals surface area contributed by atoms with Crippen molar-refractivity contribution in [2.24, 2.45) is 11.7 Å². The first-order valence-corrected chi connectivity index (χ1v) is 7.20. The van der Waals surface area contributed by atoms with E-state index in [2.05, 4.69) is 43.1 Å². The van der Waals surface area contributed by atoms with Gasteiger partial charge in [0.1, 0.15) is 0 Å². The minimum absolute atomic E-state index is 0.0513. The number of aryl methyl sites for hydroxylation is 1. The average Bonchev–Trinajstić information content (AvgIpc) is 2.74. The van der Waals surface area contributed by atoms with Crippen LogP contribution in [0.25, 0.3) is 0 Å². The molecule has 0 fully saturated rings. The van der Waals surface area contributed by atoms with E-state index in [0.717, 1.165) is 17.0 Å². The second kappa shape index (κ2) is 5.63. The normalized spacial score (nSPS) is 12.9. The molecule has 0 aliphatic heterocycles. The molecule has 2 rings (SSSR count). The fourth-order valence-corrected chi connectivity index (χ4v) is 2.98. The lowest BCUT2D eigenvalue weighted by Gasteiger charge is -2.13. The molecule has 0 aliphatic carbocycles. The highest BCUT2D eigenvalue weighted by molar-refractivity contribution is 7.09. The number of thiazole rings is 1. The molecular weight excluding hydrogens is 240 g/mol. The van der Waals surface area contributed by atoms with Gasteiger partial charge in [-0.3, -0.25) is 0 Å². The van der Waals surface area contributed by atoms with Gasteiger partial charge in [0, 0.05) is 4.88 Å². The molecule has 1 aromatic heterocycles. The van der Waals surface area contributed by atoms with Crippen molar-refractivity contribution >= 4 is 11.3 Å². The zero-order valence-electron chi connectivity index (χ0n) is 11.2. The Morgan fingerprint density at radius 3 is 2.72 bits per heavy atom. The average molecular weight is 260 g/mol. The van der Waals surface area contributed by atoms with Crippen LogP contribution < -0.4 is 5.73 Å². The van der Waals surface area contributed by atoms with Crippen molar-refractivity contribution in [2.75, 3.05) is 0 Å². The molecule has 3 heteroatoms. The van der Waals surface area contributed by atoms with E-state index in [4.69, 9.17) is 5.73 Å². The lowest BCUT2D eigenvalue weighted by atomic mass is 9.98. The molecule has 0 spiro atoms. The zero-order chi connectivity index (χ0) is 13.1. The van der Waals surface area contributed by atoms with Crippen LogP contribution in [0.5, 0.6) is 0 Å². The van der Waals surface area contributed by atoms with Crippen LogP contribution in [0.2, 0.25) is 0 Å². The summed E-state index contributed by atoms with van der Waals surface area (Å²) in [7, 11) is 0. The van der Waals surface area contributed by atoms with Gasteiger partial charge in [-0.25, -0.2) is 4.98 Å². The summed E-state index contributed by atoms with van der Waals surface area (Å²) >= 11 is 1.64. The van der Waals surface area contributed by atoms with Gasteiger partial charge in [0.05, 0.1) is 17.2 Å². The lowest BCUT2D eigenvalue weighted by molar-refractivity contribution is 0.646. The summed E-state index contributed by atoms with van der Waals surface area (Å²) in [6.07, 6.45) is 1.10. The van der Waals surface area contributed by atoms with Crippen molar-refractivity contribution in [3.63, 3.8) is 0 Å². The summed E-state index contributed by atoms with van der Waals surface area (Å²) in [6, 6.07) is 8.56. The van der Waals surface area contributed by atoms with Crippen molar-refractivity contribution in [3.05, 3.63) is 51.5 Å². The van der Waals surface area contributed by atoms with Gasteiger partial charge in [0.2, 0.25) is 0 Å². The van der Waals surface area contributed by atoms with Gasteiger partial charge in [-0.15, -0.1) is 11.3 Å². The fraction of sp³-hybridized carbons (Fsp3) is 0.400. The summed E-state index contributed by atoms with van der Waals surface area (Å²) in [5.74, 6) is 0.668. The lowest BCUT2D eigenvalue weighted by Crippen LogP contribution is -2.12. The van der Waals surface area contributed by atoms with Gasteiger partial charge in [0.25, 0.3) is 0 Å². The van der Waals surface area contributed by atoms with E-state index in [-0.39, 0.29) is 6.04 Å². The first-order valence-electron chi connectivity index (χ1n) is 6.32. The Morgan fingerprint density at radius 2 is 2.11 bits per heavy atom. The van der Waals surface area contributed by atoms with Crippen molar-refractivity contribution in [1.29, 1.82) is 0 Å². The van der Waals surface area contributed by atoms with E-state index >= 15 is 0 Å². The molecule has 1 atom stereocenters. The highest BCUT2D eigenvalue weighted by Gasteiger charge is 2.14. The maximum absolute atomic E-state index is 6.33. The van der Waals surface area contributed by atoms with E-state index in [1.165, 1.54) is 11.1 Å². The maximum Gasteiger partial charge on any atom is 0.0798 e. The Bertz CT molecular complexity index is 517. The number of hydrogen-bond donors (Lipinski definition) is 1. The number of aromatic nitrogens is 1. The van der Waals surface area contributed by atoms with Gasteiger partial charge in [-0.1, -0.05) is 38.1 Å². The molecule has 2 nitrogen and oxygen atoms in total. The van der Waals surface area contributed by atoms with Crippen LogP contribution in [0.1, 0.15) is 41.6 Å². The van der Waals surface area contributed by atoms with Crippen LogP contribution in [0, 0.1) is 12.8 Å². The van der Waals surface area contributed by atoms with Gasteiger partial charge in [-0.05, 0) is 30.4 Å². The monoisotopic (exact) mass is 260 g/mol. The maximum atomic E-state index is 6.33. The van der Waals surface area contributed by atoms with Crippen LogP contribution in [0.3, 0.4) is 0 Å². The Hall–Kier alpha value is -1.19. The first-order chi connectivity index (χ1) is 8.58. The smallest absolute Gasteiger partial charge is 0.0798 e. The molecule has 96 valence electrons. The zero-order valence-corrected chi connectivity index (χ0v) is 12.0. The molecule has 0 saturated heterocycles. The minimum atomic E-state index is -0.0513. The van der Waals surface area contributed by atoms with Crippen LogP contribution in [0.15, 0.2) is 29.8 Å². The highest BCUT2D eigenvalue weighted by atomic mass is 32.1. The molecule has 0 saturated carbocycles. The predicted molar refractivity (Wildman–Crippen MR) is 77.9 cm³/mol. The standard InChI is InChI=1S/C15H20N2S/c1-10(2)7-12-5-4-6-13(8-12)14(16)15-11(3)17-9-18-15/h4-6,8-10,14H,7,16H2,1-3H3. The Kier molecular flexibility index (Phi) is 4.15. The van der Waals surface area contributed by atoms with Gasteiger partial charge in [0.15, 0.2) is 0 Å². The van der Waals surface area contributed by atoms with Gasteiger partial charge >= 0.3 is 0 Å². The molecule has 1 aromatic carbocycles. The van der Waals surface area contributed by atoms with E-state index in [1.807, 2.05) is 12.4 Å². The summed E-state index contributed by atoms with van der Waals surface area (Å²) in [4.78, 5) is 5.44. The highest BCUT2D eigenvalue weighted by Crippen LogP contribution is 2.26. The van der Waals surface area contributed by atoms with Crippen molar-refractivity contribution < 1.29 is 0 Å². The first kappa shape index (κ1) is 13.2. The minimum Gasteiger partial charge on any atom is -0.320 e. The number of benzene rings is 1. The molecule has 18 heavy (non-hydrogen) atoms. The van der Waals surface area contributed by atoms with E-state index in [9.17, 15) is 0 Å². The molecule has 2 N–H and O–H groups in total. The molecule has 0 aliphatic rings. The number of nitrogens with zero attached hydrogens (tertiary/aromatic N) is 1. The van der Waals surface area contributed by atoms with Gasteiger partial charge < -0.3 is 5.73 Å². The molecular formula is C15H20N2S. The quantitative estimate of drug-likeness (QED) is 0.910. The largest absolute Gasteiger partial charge is 0.320 e. The Labute approximate surface area is 113 Å². The van der Waals surface area contributed by atoms with E-state index in [1.54, 1.807) is 11.3 Å². The molecule has 0 amide bonds. The third kappa shape index (κ3) is 2.98. The number of hydrogen-bond acceptors (Lipinski definition) is 3. The third-order valence-corrected chi connectivity index (χ3v) is 4.03. The van der Waals surface area contributed by atoms with Crippen LogP contribution in [0.4, 0.5) is 0 Å². The van der Waals surface area contributed by atoms with Crippen LogP contribution in [-0.2, 0) is 6.42 Å². The summed E-state index contributed by atoms with van der Waals surface area (Å²) in [6.45, 7) is 6.49. The SMILES string of the molecule is Cc1ncsc1C(N)c1cccc(CC(C)C)c1. The Balaban J connectivity index is 2.25. The second-order valence-corrected chi connectivity index (χ2v) is 6.01. The van der Waals surface area contributed by atoms with Crippen LogP contribution in [-0.4, -0.2) is 4.98 Å². The van der Waals surface area contributed by atoms with Crippen molar-refractivity contribution in [3.8, 4) is 0 Å². The second-order valence-electron chi connectivity index (χ2n) is 5.12. The predicted octanol–water partition coefficient (Wildman–Crippen LogP) is 3.70. The van der Waals surface area contributed by atoms with Crippen molar-refractivity contribution in [2.45, 2.75) is 33.2 Å². The summed E-state index contributed by atoms with van der Waals surface area (Å²) < 4.78 is 0. The van der Waals surface area contributed by atoms with E-state index < -0.39 is 0 Å². The topological polar surface area (TPSA) is 38.9 Å². The molecule has 1 heterocycles. The fourth-order valence-electron chi connectivity index (χ4n) is 2.15. The van der Waals surface area contributed by atoms with Crippen molar-refractivity contribution in [1.82, 2.24) is 4.98 Å². The van der Waals surface area contributed by atoms with E-state index in [0.29, 0.717) is 5.92 Å². The molecule has 2 aromatic rings. The summed E-state index contributed by atoms with van der Waals surface area (Å²) in [5, 5.41) is 0. The molecule has 0 bridgehead atoms. The Morgan fingerprint density at radius 1 is 1.33 bits per heavy atom. The van der Waals surface area contributed by atoms with Crippen LogP contribution >= 0.6 is 11.3 Å². The molecule has 0 radical (unpaired) electrons. The number of rotatable bonds is 4. The number of nitrogens with two attached hydrogens (primary N) is 1. The molecule has 1 unspecified atom stereocenters. The third-order valence-electron chi connectivity index (χ3n) is 3.02.